The molecule has 38 heavy (non-hydrogen) atoms. The van der Waals surface area contributed by atoms with Crippen molar-refractivity contribution < 1.29 is 24.2 Å². The molecule has 8 nitrogen and oxygen atoms in total. The SMILES string of the molecule is CC[C@]12CCC3(O1)C(C(=O)Nc1c(C)cccc1Cl)N([C@@H](CO)Cc1ccccc1)C(=O)[C@@H]3[C@H]2C(=O)NC. The lowest BCUT2D eigenvalue weighted by molar-refractivity contribution is -0.149. The summed E-state index contributed by atoms with van der Waals surface area (Å²) in [6.07, 6.45) is 1.92. The molecule has 5 rings (SSSR count). The van der Waals surface area contributed by atoms with Gasteiger partial charge < -0.3 is 25.4 Å². The van der Waals surface area contributed by atoms with E-state index in [1.54, 1.807) is 19.2 Å². The molecule has 3 fully saturated rings. The van der Waals surface area contributed by atoms with Crippen LogP contribution in [-0.4, -0.2) is 64.7 Å². The maximum absolute atomic E-state index is 14.3. The first kappa shape index (κ1) is 26.7. The fourth-order valence-corrected chi connectivity index (χ4v) is 7.29. The van der Waals surface area contributed by atoms with Crippen molar-refractivity contribution in [3.05, 3.63) is 64.7 Å². The van der Waals surface area contributed by atoms with E-state index in [0.29, 0.717) is 36.4 Å². The fourth-order valence-electron chi connectivity index (χ4n) is 7.02. The van der Waals surface area contributed by atoms with Crippen LogP contribution in [0.2, 0.25) is 5.02 Å². The Morgan fingerprint density at radius 2 is 1.89 bits per heavy atom. The number of hydrogen-bond donors (Lipinski definition) is 3. The number of benzene rings is 2. The summed E-state index contributed by atoms with van der Waals surface area (Å²) in [5, 5.41) is 16.6. The van der Waals surface area contributed by atoms with Gasteiger partial charge in [-0.3, -0.25) is 14.4 Å². The van der Waals surface area contributed by atoms with Gasteiger partial charge in [-0.1, -0.05) is 61.0 Å². The Labute approximate surface area is 227 Å². The molecule has 0 radical (unpaired) electrons. The second-order valence-corrected chi connectivity index (χ2v) is 11.0. The number of aliphatic hydroxyl groups is 1. The summed E-state index contributed by atoms with van der Waals surface area (Å²) in [6, 6.07) is 13.1. The van der Waals surface area contributed by atoms with Crippen LogP contribution in [0.25, 0.3) is 0 Å². The molecule has 3 saturated heterocycles. The van der Waals surface area contributed by atoms with E-state index < -0.39 is 41.0 Å². The van der Waals surface area contributed by atoms with Crippen molar-refractivity contribution in [2.24, 2.45) is 11.8 Å². The summed E-state index contributed by atoms with van der Waals surface area (Å²) < 4.78 is 6.73. The highest BCUT2D eigenvalue weighted by atomic mass is 35.5. The minimum absolute atomic E-state index is 0.265. The number of para-hydroxylation sites is 1. The summed E-state index contributed by atoms with van der Waals surface area (Å²) >= 11 is 6.44. The van der Waals surface area contributed by atoms with Crippen LogP contribution < -0.4 is 10.6 Å². The van der Waals surface area contributed by atoms with Gasteiger partial charge in [-0.2, -0.15) is 0 Å². The summed E-state index contributed by atoms with van der Waals surface area (Å²) in [4.78, 5) is 43.2. The van der Waals surface area contributed by atoms with Crippen LogP contribution in [0.3, 0.4) is 0 Å². The van der Waals surface area contributed by atoms with Crippen LogP contribution in [0.1, 0.15) is 37.3 Å². The van der Waals surface area contributed by atoms with Crippen molar-refractivity contribution >= 4 is 35.0 Å². The highest BCUT2D eigenvalue weighted by Gasteiger charge is 2.79. The van der Waals surface area contributed by atoms with Gasteiger partial charge in [0.15, 0.2) is 0 Å². The lowest BCUT2D eigenvalue weighted by Crippen LogP contribution is -2.57. The fraction of sp³-hybridized carbons (Fsp3) is 0.483. The molecule has 2 bridgehead atoms. The van der Waals surface area contributed by atoms with E-state index in [-0.39, 0.29) is 18.4 Å². The maximum Gasteiger partial charge on any atom is 0.250 e. The van der Waals surface area contributed by atoms with Crippen molar-refractivity contribution in [3.63, 3.8) is 0 Å². The molecule has 0 aromatic heterocycles. The third kappa shape index (κ3) is 3.92. The highest BCUT2D eigenvalue weighted by Crippen LogP contribution is 2.64. The van der Waals surface area contributed by atoms with Crippen LogP contribution in [0, 0.1) is 18.8 Å². The molecular formula is C29H34ClN3O5. The lowest BCUT2D eigenvalue weighted by Gasteiger charge is -2.37. The summed E-state index contributed by atoms with van der Waals surface area (Å²) in [5.41, 5.74) is 0.167. The predicted molar refractivity (Wildman–Crippen MR) is 144 cm³/mol. The number of rotatable bonds is 8. The summed E-state index contributed by atoms with van der Waals surface area (Å²) in [5.74, 6) is -2.59. The molecule has 2 unspecified atom stereocenters. The molecule has 3 amide bonds. The molecule has 2 aromatic rings. The van der Waals surface area contributed by atoms with E-state index in [9.17, 15) is 19.5 Å². The molecule has 3 heterocycles. The Balaban J connectivity index is 1.61. The number of nitrogens with one attached hydrogen (secondary N) is 2. The highest BCUT2D eigenvalue weighted by molar-refractivity contribution is 6.34. The number of fused-ring (bicyclic) bond motifs is 1. The zero-order valence-corrected chi connectivity index (χ0v) is 22.6. The van der Waals surface area contributed by atoms with E-state index in [2.05, 4.69) is 10.6 Å². The van der Waals surface area contributed by atoms with Gasteiger partial charge in [-0.05, 0) is 49.8 Å². The Morgan fingerprint density at radius 3 is 2.53 bits per heavy atom. The van der Waals surface area contributed by atoms with Crippen LogP contribution in [-0.2, 0) is 25.5 Å². The number of amides is 3. The quantitative estimate of drug-likeness (QED) is 0.478. The van der Waals surface area contributed by atoms with Crippen LogP contribution in [0.4, 0.5) is 5.69 Å². The number of anilines is 1. The van der Waals surface area contributed by atoms with E-state index in [4.69, 9.17) is 16.3 Å². The lowest BCUT2D eigenvalue weighted by atomic mass is 9.65. The average molecular weight is 540 g/mol. The Hall–Kier alpha value is -2.94. The summed E-state index contributed by atoms with van der Waals surface area (Å²) in [7, 11) is 1.55. The number of likely N-dealkylation sites (tertiary alicyclic amines) is 1. The van der Waals surface area contributed by atoms with Crippen LogP contribution >= 0.6 is 11.6 Å². The van der Waals surface area contributed by atoms with E-state index >= 15 is 0 Å². The summed E-state index contributed by atoms with van der Waals surface area (Å²) in [6.45, 7) is 3.45. The normalized spacial score (nSPS) is 30.3. The van der Waals surface area contributed by atoms with Crippen LogP contribution in [0.5, 0.6) is 0 Å². The molecule has 202 valence electrons. The first-order valence-corrected chi connectivity index (χ1v) is 13.6. The molecule has 0 saturated carbocycles. The van der Waals surface area contributed by atoms with Gasteiger partial charge in [0.2, 0.25) is 17.7 Å². The first-order chi connectivity index (χ1) is 18.2. The molecule has 6 atom stereocenters. The molecular weight excluding hydrogens is 506 g/mol. The molecule has 2 aromatic carbocycles. The number of aliphatic hydroxyl groups excluding tert-OH is 1. The van der Waals surface area contributed by atoms with Crippen molar-refractivity contribution in [1.82, 2.24) is 10.2 Å². The third-order valence-corrected chi connectivity index (χ3v) is 9.10. The van der Waals surface area contributed by atoms with Crippen molar-refractivity contribution in [1.29, 1.82) is 0 Å². The topological polar surface area (TPSA) is 108 Å². The van der Waals surface area contributed by atoms with Crippen molar-refractivity contribution in [3.8, 4) is 0 Å². The van der Waals surface area contributed by atoms with Gasteiger partial charge in [-0.25, -0.2) is 0 Å². The molecule has 3 aliphatic heterocycles. The Kier molecular flexibility index (Phi) is 7.00. The molecule has 3 aliphatic rings. The van der Waals surface area contributed by atoms with Gasteiger partial charge in [-0.15, -0.1) is 0 Å². The van der Waals surface area contributed by atoms with Gasteiger partial charge >= 0.3 is 0 Å². The largest absolute Gasteiger partial charge is 0.394 e. The number of ether oxygens (including phenoxy) is 1. The number of aryl methyl sites for hydroxylation is 1. The predicted octanol–water partition coefficient (Wildman–Crippen LogP) is 3.09. The number of carbonyl (C=O) groups is 3. The van der Waals surface area contributed by atoms with E-state index in [0.717, 1.165) is 11.1 Å². The molecule has 1 spiro atoms. The van der Waals surface area contributed by atoms with Gasteiger partial charge in [0.1, 0.15) is 11.6 Å². The second kappa shape index (κ2) is 9.98. The number of hydrogen-bond acceptors (Lipinski definition) is 5. The number of nitrogens with zero attached hydrogens (tertiary/aromatic N) is 1. The zero-order chi connectivity index (χ0) is 27.2. The second-order valence-electron chi connectivity index (χ2n) is 10.6. The van der Waals surface area contributed by atoms with Gasteiger partial charge in [0, 0.05) is 7.05 Å². The smallest absolute Gasteiger partial charge is 0.250 e. The van der Waals surface area contributed by atoms with Crippen molar-refractivity contribution in [2.75, 3.05) is 19.0 Å². The average Bonchev–Trinajstić information content (AvgIpc) is 3.53. The molecule has 0 aliphatic carbocycles. The zero-order valence-electron chi connectivity index (χ0n) is 21.9. The van der Waals surface area contributed by atoms with Crippen LogP contribution in [0.15, 0.2) is 48.5 Å². The monoisotopic (exact) mass is 539 g/mol. The van der Waals surface area contributed by atoms with E-state index in [1.165, 1.54) is 4.90 Å². The Morgan fingerprint density at radius 1 is 1.16 bits per heavy atom. The standard InChI is InChI=1S/C29H34ClN3O5/c1-4-28-13-14-29(38-28)22(21(28)25(35)31-3)27(37)33(19(16-34)15-18-10-6-5-7-11-18)24(29)26(36)32-23-17(2)9-8-12-20(23)30/h5-12,19,21-22,24,34H,4,13-16H2,1-3H3,(H,31,35)(H,32,36)/t19-,21+,22+,24?,28-,29?/m1/s1. The molecule has 3 N–H and O–H groups in total. The number of carbonyl (C=O) groups excluding carboxylic acids is 3. The minimum atomic E-state index is -1.19. The maximum atomic E-state index is 14.3. The van der Waals surface area contributed by atoms with E-state index in [1.807, 2.05) is 50.2 Å². The molecule has 9 heteroatoms. The first-order valence-electron chi connectivity index (χ1n) is 13.2. The number of halogens is 1. The van der Waals surface area contributed by atoms with Gasteiger partial charge in [0.05, 0.1) is 40.8 Å². The third-order valence-electron chi connectivity index (χ3n) is 8.78. The van der Waals surface area contributed by atoms with Crippen molar-refractivity contribution in [2.45, 2.75) is 62.8 Å². The Bertz CT molecular complexity index is 1240. The minimum Gasteiger partial charge on any atom is -0.394 e. The van der Waals surface area contributed by atoms with Gasteiger partial charge in [0.25, 0.3) is 0 Å².